The Balaban J connectivity index is 1.66. The molecular weight excluding hydrogens is 362 g/mol. The monoisotopic (exact) mass is 391 g/mol. The molecular formula is C19H29N5O4. The highest BCUT2D eigenvalue weighted by Gasteiger charge is 2.72. The summed E-state index contributed by atoms with van der Waals surface area (Å²) in [5.74, 6) is 5.57. The quantitative estimate of drug-likeness (QED) is 0.335. The second-order valence-electron chi connectivity index (χ2n) is 8.86. The van der Waals surface area contributed by atoms with Gasteiger partial charge in [-0.1, -0.05) is 27.7 Å². The molecule has 154 valence electrons. The van der Waals surface area contributed by atoms with Gasteiger partial charge in [0.2, 0.25) is 11.8 Å². The topological polar surface area (TPSA) is 128 Å². The van der Waals surface area contributed by atoms with Crippen LogP contribution in [0.5, 0.6) is 5.75 Å². The van der Waals surface area contributed by atoms with Gasteiger partial charge in [0.15, 0.2) is 0 Å². The first-order valence-electron chi connectivity index (χ1n) is 9.67. The Bertz CT molecular complexity index is 825. The highest BCUT2D eigenvalue weighted by atomic mass is 16.5. The van der Waals surface area contributed by atoms with E-state index in [1.807, 2.05) is 27.7 Å². The van der Waals surface area contributed by atoms with Crippen LogP contribution in [-0.4, -0.2) is 33.7 Å². The average molecular weight is 391 g/mol. The lowest BCUT2D eigenvalue weighted by Gasteiger charge is -2.68. The second-order valence-corrected chi connectivity index (χ2v) is 8.86. The molecule has 4 rings (SSSR count). The lowest BCUT2D eigenvalue weighted by molar-refractivity contribution is -0.183. The number of nitrogens with zero attached hydrogens (tertiary/aromatic N) is 2. The molecule has 0 radical (unpaired) electrons. The van der Waals surface area contributed by atoms with Crippen LogP contribution in [0.1, 0.15) is 58.6 Å². The van der Waals surface area contributed by atoms with Crippen molar-refractivity contribution in [3.63, 3.8) is 0 Å². The summed E-state index contributed by atoms with van der Waals surface area (Å²) in [6.07, 6.45) is 1.74. The molecule has 3 saturated carbocycles. The molecule has 9 nitrogen and oxygen atoms in total. The molecule has 1 aromatic rings. The molecule has 0 atom stereocenters. The summed E-state index contributed by atoms with van der Waals surface area (Å²) >= 11 is 0. The Morgan fingerprint density at radius 1 is 1.29 bits per heavy atom. The number of carbonyl (C=O) groups is 2. The van der Waals surface area contributed by atoms with Gasteiger partial charge in [-0.15, -0.1) is 0 Å². The van der Waals surface area contributed by atoms with Crippen molar-refractivity contribution in [1.29, 1.82) is 0 Å². The van der Waals surface area contributed by atoms with Gasteiger partial charge in [0.25, 0.3) is 5.56 Å². The van der Waals surface area contributed by atoms with Crippen LogP contribution in [0, 0.1) is 11.3 Å². The lowest BCUT2D eigenvalue weighted by atomic mass is 9.39. The average Bonchev–Trinajstić information content (AvgIpc) is 2.55. The molecule has 0 aliphatic heterocycles. The third-order valence-electron chi connectivity index (χ3n) is 5.45. The molecule has 3 fully saturated rings. The molecule has 2 amide bonds. The summed E-state index contributed by atoms with van der Waals surface area (Å²) in [4.78, 5) is 36.6. The minimum absolute atomic E-state index is 0.0457. The molecule has 3 aliphatic carbocycles. The minimum atomic E-state index is -0.433. The minimum Gasteiger partial charge on any atom is -0.491 e. The molecule has 0 aromatic carbocycles. The summed E-state index contributed by atoms with van der Waals surface area (Å²) in [7, 11) is 0. The predicted molar refractivity (Wildman–Crippen MR) is 102 cm³/mol. The highest BCUT2D eigenvalue weighted by Crippen LogP contribution is 2.67. The van der Waals surface area contributed by atoms with E-state index in [1.165, 1.54) is 10.7 Å². The van der Waals surface area contributed by atoms with Crippen LogP contribution in [0.25, 0.3) is 0 Å². The van der Waals surface area contributed by atoms with E-state index < -0.39 is 5.41 Å². The van der Waals surface area contributed by atoms with Gasteiger partial charge >= 0.3 is 0 Å². The van der Waals surface area contributed by atoms with Crippen LogP contribution in [0.3, 0.4) is 0 Å². The van der Waals surface area contributed by atoms with Gasteiger partial charge in [-0.3, -0.25) is 19.8 Å². The fourth-order valence-corrected chi connectivity index (χ4v) is 4.16. The maximum Gasteiger partial charge on any atom is 0.270 e. The van der Waals surface area contributed by atoms with Crippen molar-refractivity contribution in [2.45, 2.75) is 65.0 Å². The number of hydrazine groups is 1. The van der Waals surface area contributed by atoms with Gasteiger partial charge < -0.3 is 10.1 Å². The first-order chi connectivity index (χ1) is 13.1. The zero-order valence-corrected chi connectivity index (χ0v) is 16.9. The number of nitrogens with one attached hydrogen (secondary N) is 2. The molecule has 3 aliphatic rings. The van der Waals surface area contributed by atoms with Crippen molar-refractivity contribution in [2.24, 2.45) is 17.2 Å². The highest BCUT2D eigenvalue weighted by molar-refractivity contribution is 5.88. The van der Waals surface area contributed by atoms with Crippen LogP contribution in [-0.2, 0) is 16.1 Å². The summed E-state index contributed by atoms with van der Waals surface area (Å²) < 4.78 is 6.90. The lowest BCUT2D eigenvalue weighted by Crippen LogP contribution is -2.78. The smallest absolute Gasteiger partial charge is 0.270 e. The van der Waals surface area contributed by atoms with Gasteiger partial charge in [0.05, 0.1) is 12.0 Å². The maximum atomic E-state index is 12.5. The number of amides is 2. The molecule has 0 unspecified atom stereocenters. The number of rotatable bonds is 8. The van der Waals surface area contributed by atoms with E-state index in [4.69, 9.17) is 10.6 Å². The molecule has 1 heterocycles. The maximum absolute atomic E-state index is 12.5. The molecule has 28 heavy (non-hydrogen) atoms. The molecule has 0 spiro atoms. The number of nitrogens with two attached hydrogens (primary N) is 1. The fraction of sp³-hybridized carbons (Fsp3) is 0.684. The van der Waals surface area contributed by atoms with Gasteiger partial charge in [0, 0.05) is 17.5 Å². The van der Waals surface area contributed by atoms with Crippen LogP contribution < -0.4 is 26.9 Å². The third-order valence-corrected chi connectivity index (χ3v) is 5.45. The Labute approximate surface area is 164 Å². The summed E-state index contributed by atoms with van der Waals surface area (Å²) in [5, 5.41) is 7.32. The molecule has 1 aromatic heterocycles. The van der Waals surface area contributed by atoms with Crippen molar-refractivity contribution in [2.75, 3.05) is 6.61 Å². The number of aromatic nitrogens is 2. The van der Waals surface area contributed by atoms with E-state index >= 15 is 0 Å². The zero-order chi connectivity index (χ0) is 20.7. The van der Waals surface area contributed by atoms with E-state index in [2.05, 4.69) is 15.8 Å². The van der Waals surface area contributed by atoms with Gasteiger partial charge in [-0.25, -0.2) is 10.5 Å². The van der Waals surface area contributed by atoms with Crippen LogP contribution in [0.2, 0.25) is 0 Å². The summed E-state index contributed by atoms with van der Waals surface area (Å²) in [6, 6.07) is 1.40. The van der Waals surface area contributed by atoms with Crippen molar-refractivity contribution in [1.82, 2.24) is 20.5 Å². The summed E-state index contributed by atoms with van der Waals surface area (Å²) in [5.41, 5.74) is 1.67. The number of hydrogen-bond acceptors (Lipinski definition) is 6. The van der Waals surface area contributed by atoms with Crippen molar-refractivity contribution >= 4 is 11.8 Å². The Morgan fingerprint density at radius 3 is 2.46 bits per heavy atom. The van der Waals surface area contributed by atoms with Crippen molar-refractivity contribution in [3.05, 3.63) is 22.1 Å². The van der Waals surface area contributed by atoms with Gasteiger partial charge in [-0.05, 0) is 25.2 Å². The van der Waals surface area contributed by atoms with Crippen molar-refractivity contribution in [3.8, 4) is 5.75 Å². The molecule has 0 saturated heterocycles. The van der Waals surface area contributed by atoms with Gasteiger partial charge in [-0.2, -0.15) is 5.10 Å². The largest absolute Gasteiger partial charge is 0.491 e. The number of ether oxygens (including phenoxy) is 1. The SMILES string of the molecule is CC(C)COc1cc(=O)n(CC(=O)NC23CC(C(=O)NN)(C2)C3)nc1C(C)C. The molecule has 9 heteroatoms. The predicted octanol–water partition coefficient (Wildman–Crippen LogP) is 0.430. The number of hydrogen-bond donors (Lipinski definition) is 3. The Morgan fingerprint density at radius 2 is 1.93 bits per heavy atom. The van der Waals surface area contributed by atoms with Crippen LogP contribution in [0.15, 0.2) is 10.9 Å². The van der Waals surface area contributed by atoms with Crippen molar-refractivity contribution < 1.29 is 14.3 Å². The van der Waals surface area contributed by atoms with E-state index in [1.54, 1.807) is 0 Å². The second kappa shape index (κ2) is 7.20. The summed E-state index contributed by atoms with van der Waals surface area (Å²) in [6.45, 7) is 8.31. The first kappa shape index (κ1) is 20.3. The van der Waals surface area contributed by atoms with Crippen LogP contribution >= 0.6 is 0 Å². The third kappa shape index (κ3) is 3.63. The first-order valence-corrected chi connectivity index (χ1v) is 9.67. The number of carbonyl (C=O) groups excluding carboxylic acids is 2. The van der Waals surface area contributed by atoms with Crippen LogP contribution in [0.4, 0.5) is 0 Å². The van der Waals surface area contributed by atoms with E-state index in [-0.39, 0.29) is 35.4 Å². The Kier molecular flexibility index (Phi) is 5.22. The van der Waals surface area contributed by atoms with Gasteiger partial charge in [0.1, 0.15) is 18.0 Å². The Hall–Kier alpha value is -2.42. The zero-order valence-electron chi connectivity index (χ0n) is 16.9. The normalized spacial score (nSPS) is 25.1. The van der Waals surface area contributed by atoms with E-state index in [0.29, 0.717) is 43.2 Å². The molecule has 4 N–H and O–H groups in total. The molecule has 2 bridgehead atoms. The van der Waals surface area contributed by atoms with E-state index in [0.717, 1.165) is 0 Å². The fourth-order valence-electron chi connectivity index (χ4n) is 4.16. The van der Waals surface area contributed by atoms with E-state index in [9.17, 15) is 14.4 Å². The standard InChI is InChI=1S/C19H29N5O4/c1-11(2)7-28-13-5-15(26)24(23-16(13)12(3)4)6-14(25)21-19-8-18(9-19,10-19)17(27)22-20/h5,11-12H,6-10,20H2,1-4H3,(H,21,25)(H,22,27).